The first kappa shape index (κ1) is 11.2. The standard InChI is InChI=1S/C13H22O2/c1-14-7-3-4-12-10-5-6-11(8-10)13(12)9-15-2/h5-6,10-13H,3-4,7-9H2,1-2H3. The topological polar surface area (TPSA) is 18.5 Å². The van der Waals surface area contributed by atoms with Gasteiger partial charge in [-0.05, 0) is 42.9 Å². The fraction of sp³-hybridized carbons (Fsp3) is 0.846. The van der Waals surface area contributed by atoms with Crippen molar-refractivity contribution in [1.29, 1.82) is 0 Å². The summed E-state index contributed by atoms with van der Waals surface area (Å²) in [4.78, 5) is 0. The van der Waals surface area contributed by atoms with Crippen LogP contribution in [0, 0.1) is 23.7 Å². The molecule has 2 aliphatic rings. The molecule has 1 saturated carbocycles. The van der Waals surface area contributed by atoms with Gasteiger partial charge in [0.05, 0.1) is 0 Å². The van der Waals surface area contributed by atoms with E-state index in [2.05, 4.69) is 12.2 Å². The van der Waals surface area contributed by atoms with Crippen molar-refractivity contribution in [1.82, 2.24) is 0 Å². The van der Waals surface area contributed by atoms with Gasteiger partial charge in [0, 0.05) is 27.4 Å². The minimum Gasteiger partial charge on any atom is -0.385 e. The molecular weight excluding hydrogens is 188 g/mol. The van der Waals surface area contributed by atoms with Crippen LogP contribution < -0.4 is 0 Å². The number of ether oxygens (including phenoxy) is 2. The molecule has 2 rings (SSSR count). The second-order valence-electron chi connectivity index (χ2n) is 4.87. The predicted molar refractivity (Wildman–Crippen MR) is 60.7 cm³/mol. The fourth-order valence-electron chi connectivity index (χ4n) is 3.36. The van der Waals surface area contributed by atoms with Crippen LogP contribution >= 0.6 is 0 Å². The molecule has 0 aromatic carbocycles. The highest BCUT2D eigenvalue weighted by Crippen LogP contribution is 2.49. The summed E-state index contributed by atoms with van der Waals surface area (Å²) >= 11 is 0. The zero-order valence-electron chi connectivity index (χ0n) is 9.82. The molecule has 15 heavy (non-hydrogen) atoms. The zero-order valence-corrected chi connectivity index (χ0v) is 9.82. The van der Waals surface area contributed by atoms with Gasteiger partial charge in [-0.25, -0.2) is 0 Å². The molecule has 0 spiro atoms. The lowest BCUT2D eigenvalue weighted by Gasteiger charge is -2.27. The Morgan fingerprint density at radius 2 is 1.80 bits per heavy atom. The molecule has 4 unspecified atom stereocenters. The van der Waals surface area contributed by atoms with Gasteiger partial charge in [-0.3, -0.25) is 0 Å². The summed E-state index contributed by atoms with van der Waals surface area (Å²) in [7, 11) is 3.61. The van der Waals surface area contributed by atoms with Gasteiger partial charge in [-0.1, -0.05) is 12.2 Å². The van der Waals surface area contributed by atoms with Crippen LogP contribution in [0.25, 0.3) is 0 Å². The van der Waals surface area contributed by atoms with E-state index < -0.39 is 0 Å². The fourth-order valence-corrected chi connectivity index (χ4v) is 3.36. The zero-order chi connectivity index (χ0) is 10.7. The minimum absolute atomic E-state index is 0.766. The van der Waals surface area contributed by atoms with E-state index in [0.29, 0.717) is 0 Å². The van der Waals surface area contributed by atoms with Gasteiger partial charge < -0.3 is 9.47 Å². The summed E-state index contributed by atoms with van der Waals surface area (Å²) in [5.74, 6) is 3.23. The van der Waals surface area contributed by atoms with Crippen LogP contribution in [0.2, 0.25) is 0 Å². The average Bonchev–Trinajstić information content (AvgIpc) is 2.81. The first-order valence-corrected chi connectivity index (χ1v) is 6.03. The monoisotopic (exact) mass is 210 g/mol. The largest absolute Gasteiger partial charge is 0.385 e. The molecule has 0 amide bonds. The lowest BCUT2D eigenvalue weighted by molar-refractivity contribution is 0.103. The first-order chi connectivity index (χ1) is 7.36. The van der Waals surface area contributed by atoms with Gasteiger partial charge in [0.2, 0.25) is 0 Å². The van der Waals surface area contributed by atoms with E-state index in [1.807, 2.05) is 7.11 Å². The predicted octanol–water partition coefficient (Wildman–Crippen LogP) is 2.50. The lowest BCUT2D eigenvalue weighted by atomic mass is 9.81. The molecule has 2 nitrogen and oxygen atoms in total. The summed E-state index contributed by atoms with van der Waals surface area (Å²) in [6.45, 7) is 1.83. The highest BCUT2D eigenvalue weighted by Gasteiger charge is 2.43. The molecule has 2 heteroatoms. The van der Waals surface area contributed by atoms with Crippen molar-refractivity contribution in [2.24, 2.45) is 23.7 Å². The summed E-state index contributed by atoms with van der Waals surface area (Å²) in [6.07, 6.45) is 8.69. The van der Waals surface area contributed by atoms with E-state index in [-0.39, 0.29) is 0 Å². The maximum Gasteiger partial charge on any atom is 0.0498 e. The Bertz CT molecular complexity index is 225. The molecule has 0 aromatic rings. The maximum atomic E-state index is 5.35. The third kappa shape index (κ3) is 2.26. The number of allylic oxidation sites excluding steroid dienone is 2. The van der Waals surface area contributed by atoms with Gasteiger partial charge in [-0.2, -0.15) is 0 Å². The van der Waals surface area contributed by atoms with Crippen molar-refractivity contribution in [3.63, 3.8) is 0 Å². The second-order valence-corrected chi connectivity index (χ2v) is 4.87. The third-order valence-electron chi connectivity index (χ3n) is 4.04. The van der Waals surface area contributed by atoms with Gasteiger partial charge >= 0.3 is 0 Å². The summed E-state index contributed by atoms with van der Waals surface area (Å²) in [5.41, 5.74) is 0. The minimum atomic E-state index is 0.766. The molecule has 2 bridgehead atoms. The van der Waals surface area contributed by atoms with Crippen LogP contribution in [0.4, 0.5) is 0 Å². The molecule has 0 aliphatic heterocycles. The molecular formula is C13H22O2. The van der Waals surface area contributed by atoms with E-state index in [4.69, 9.17) is 9.47 Å². The van der Waals surface area contributed by atoms with Crippen LogP contribution in [0.5, 0.6) is 0 Å². The van der Waals surface area contributed by atoms with Crippen molar-refractivity contribution in [3.05, 3.63) is 12.2 Å². The van der Waals surface area contributed by atoms with Gasteiger partial charge in [0.15, 0.2) is 0 Å². The van der Waals surface area contributed by atoms with Crippen molar-refractivity contribution < 1.29 is 9.47 Å². The van der Waals surface area contributed by atoms with E-state index in [9.17, 15) is 0 Å². The van der Waals surface area contributed by atoms with Crippen molar-refractivity contribution >= 4 is 0 Å². The van der Waals surface area contributed by atoms with Gasteiger partial charge in [0.25, 0.3) is 0 Å². The normalized spacial score (nSPS) is 37.7. The molecule has 2 aliphatic carbocycles. The Hall–Kier alpha value is -0.340. The molecule has 0 heterocycles. The number of hydrogen-bond acceptors (Lipinski definition) is 2. The Morgan fingerprint density at radius 3 is 2.47 bits per heavy atom. The van der Waals surface area contributed by atoms with E-state index in [0.717, 1.165) is 36.9 Å². The molecule has 0 saturated heterocycles. The molecule has 4 atom stereocenters. The summed E-state index contributed by atoms with van der Waals surface area (Å²) in [6, 6.07) is 0. The van der Waals surface area contributed by atoms with E-state index in [1.54, 1.807) is 7.11 Å². The number of hydrogen-bond donors (Lipinski definition) is 0. The van der Waals surface area contributed by atoms with Crippen LogP contribution in [0.1, 0.15) is 19.3 Å². The Labute approximate surface area is 92.6 Å². The van der Waals surface area contributed by atoms with Crippen molar-refractivity contribution in [2.75, 3.05) is 27.4 Å². The first-order valence-electron chi connectivity index (χ1n) is 6.03. The van der Waals surface area contributed by atoms with E-state index >= 15 is 0 Å². The third-order valence-corrected chi connectivity index (χ3v) is 4.04. The second kappa shape index (κ2) is 5.13. The Balaban J connectivity index is 1.87. The SMILES string of the molecule is COCCCC1C2C=CC(C2)C1COC. The van der Waals surface area contributed by atoms with E-state index in [1.165, 1.54) is 19.3 Å². The van der Waals surface area contributed by atoms with Crippen molar-refractivity contribution in [2.45, 2.75) is 19.3 Å². The maximum absolute atomic E-state index is 5.35. The number of rotatable bonds is 6. The van der Waals surface area contributed by atoms with Crippen molar-refractivity contribution in [3.8, 4) is 0 Å². The quantitative estimate of drug-likeness (QED) is 0.495. The lowest BCUT2D eigenvalue weighted by Crippen LogP contribution is -2.24. The highest BCUT2D eigenvalue weighted by atomic mass is 16.5. The van der Waals surface area contributed by atoms with Gasteiger partial charge in [-0.15, -0.1) is 0 Å². The van der Waals surface area contributed by atoms with Crippen LogP contribution in [0.15, 0.2) is 12.2 Å². The Morgan fingerprint density at radius 1 is 1.07 bits per heavy atom. The average molecular weight is 210 g/mol. The Kier molecular flexibility index (Phi) is 3.81. The molecule has 1 fully saturated rings. The van der Waals surface area contributed by atoms with Gasteiger partial charge in [0.1, 0.15) is 0 Å². The highest BCUT2D eigenvalue weighted by molar-refractivity contribution is 5.13. The molecule has 0 radical (unpaired) electrons. The van der Waals surface area contributed by atoms with Crippen LogP contribution in [-0.4, -0.2) is 27.4 Å². The molecule has 0 aromatic heterocycles. The summed E-state index contributed by atoms with van der Waals surface area (Å²) in [5, 5.41) is 0. The smallest absolute Gasteiger partial charge is 0.0498 e. The molecule has 86 valence electrons. The van der Waals surface area contributed by atoms with Crippen LogP contribution in [0.3, 0.4) is 0 Å². The number of fused-ring (bicyclic) bond motifs is 2. The summed E-state index contributed by atoms with van der Waals surface area (Å²) < 4.78 is 10.5. The van der Waals surface area contributed by atoms with Crippen LogP contribution in [-0.2, 0) is 9.47 Å². The molecule has 0 N–H and O–H groups in total. The number of methoxy groups -OCH3 is 2.